The van der Waals surface area contributed by atoms with Crippen molar-refractivity contribution >= 4 is 38.3 Å². The molecular formula is C24H24ClNO6S. The number of nitrogens with zero attached hydrogens (tertiary/aromatic N) is 1. The molecule has 0 bridgehead atoms. The molecule has 9 heteroatoms. The lowest BCUT2D eigenvalue weighted by molar-refractivity contribution is -0.135. The van der Waals surface area contributed by atoms with Gasteiger partial charge in [0.2, 0.25) is 0 Å². The van der Waals surface area contributed by atoms with Gasteiger partial charge in [0, 0.05) is 30.1 Å². The van der Waals surface area contributed by atoms with E-state index >= 15 is 0 Å². The van der Waals surface area contributed by atoms with E-state index in [1.54, 1.807) is 11.0 Å². The second-order valence-corrected chi connectivity index (χ2v) is 10.7. The summed E-state index contributed by atoms with van der Waals surface area (Å²) in [6.07, 6.45) is 1.13. The van der Waals surface area contributed by atoms with E-state index in [4.69, 9.17) is 20.8 Å². The van der Waals surface area contributed by atoms with Gasteiger partial charge >= 0.3 is 5.63 Å². The lowest BCUT2D eigenvalue weighted by Gasteiger charge is -2.28. The Kier molecular flexibility index (Phi) is 6.76. The quantitative estimate of drug-likeness (QED) is 0.467. The van der Waals surface area contributed by atoms with Crippen LogP contribution in [0.3, 0.4) is 0 Å². The minimum atomic E-state index is -3.12. The molecule has 1 unspecified atom stereocenters. The molecule has 7 nitrogen and oxygen atoms in total. The fraction of sp³-hybridized carbons (Fsp3) is 0.333. The van der Waals surface area contributed by atoms with Crippen molar-refractivity contribution in [2.45, 2.75) is 25.8 Å². The molecule has 3 aromatic rings. The van der Waals surface area contributed by atoms with Gasteiger partial charge in [-0.15, -0.1) is 0 Å². The van der Waals surface area contributed by atoms with E-state index in [0.717, 1.165) is 5.56 Å². The van der Waals surface area contributed by atoms with Crippen molar-refractivity contribution < 1.29 is 22.4 Å². The summed E-state index contributed by atoms with van der Waals surface area (Å²) in [5.74, 6) is -0.0373. The number of halogens is 1. The highest BCUT2D eigenvalue weighted by Crippen LogP contribution is 2.35. The van der Waals surface area contributed by atoms with Gasteiger partial charge in [0.05, 0.1) is 16.5 Å². The maximum atomic E-state index is 12.9. The predicted octanol–water partition coefficient (Wildman–Crippen LogP) is 3.92. The number of benzene rings is 2. The number of rotatable bonds is 7. The van der Waals surface area contributed by atoms with Gasteiger partial charge in [0.15, 0.2) is 16.4 Å². The number of carbonyl (C=O) groups is 1. The number of ether oxygens (including phenoxy) is 1. The van der Waals surface area contributed by atoms with Crippen molar-refractivity contribution in [3.63, 3.8) is 0 Å². The molecule has 0 N–H and O–H groups in total. The Morgan fingerprint density at radius 3 is 2.64 bits per heavy atom. The third-order valence-electron chi connectivity index (χ3n) is 5.67. The summed E-state index contributed by atoms with van der Waals surface area (Å²) in [5.41, 5.74) is 1.31. The maximum absolute atomic E-state index is 12.9. The van der Waals surface area contributed by atoms with Crippen molar-refractivity contribution in [3.8, 4) is 16.9 Å². The monoisotopic (exact) mass is 489 g/mol. The van der Waals surface area contributed by atoms with Crippen LogP contribution in [-0.2, 0) is 14.6 Å². The van der Waals surface area contributed by atoms with Crippen molar-refractivity contribution in [3.05, 3.63) is 64.0 Å². The van der Waals surface area contributed by atoms with Crippen LogP contribution >= 0.6 is 11.6 Å². The van der Waals surface area contributed by atoms with E-state index in [0.29, 0.717) is 35.9 Å². The van der Waals surface area contributed by atoms with Crippen LogP contribution in [-0.4, -0.2) is 49.9 Å². The van der Waals surface area contributed by atoms with Gasteiger partial charge in [-0.3, -0.25) is 4.79 Å². The zero-order valence-corrected chi connectivity index (χ0v) is 19.7. The van der Waals surface area contributed by atoms with Crippen LogP contribution < -0.4 is 10.4 Å². The molecule has 33 heavy (non-hydrogen) atoms. The van der Waals surface area contributed by atoms with Crippen LogP contribution in [0.4, 0.5) is 0 Å². The molecule has 2 heterocycles. The highest BCUT2D eigenvalue weighted by molar-refractivity contribution is 7.91. The zero-order valence-electron chi connectivity index (χ0n) is 18.1. The van der Waals surface area contributed by atoms with Crippen LogP contribution in [0.2, 0.25) is 5.02 Å². The zero-order chi connectivity index (χ0) is 23.6. The largest absolute Gasteiger partial charge is 0.482 e. The fourth-order valence-corrected chi connectivity index (χ4v) is 6.07. The van der Waals surface area contributed by atoms with Gasteiger partial charge in [-0.2, -0.15) is 0 Å². The smallest absolute Gasteiger partial charge is 0.336 e. The number of carbonyl (C=O) groups excluding carboxylic acids is 1. The highest BCUT2D eigenvalue weighted by Gasteiger charge is 2.34. The average Bonchev–Trinajstić information content (AvgIpc) is 3.15. The number of hydrogen-bond acceptors (Lipinski definition) is 6. The van der Waals surface area contributed by atoms with Gasteiger partial charge in [0.25, 0.3) is 5.91 Å². The van der Waals surface area contributed by atoms with E-state index in [1.807, 2.05) is 37.3 Å². The maximum Gasteiger partial charge on any atom is 0.336 e. The molecule has 1 saturated heterocycles. The summed E-state index contributed by atoms with van der Waals surface area (Å²) >= 11 is 6.44. The molecular weight excluding hydrogens is 466 g/mol. The number of hydrogen-bond donors (Lipinski definition) is 0. The van der Waals surface area contributed by atoms with Gasteiger partial charge in [0.1, 0.15) is 11.3 Å². The summed E-state index contributed by atoms with van der Waals surface area (Å²) in [6, 6.07) is 13.6. The van der Waals surface area contributed by atoms with Crippen LogP contribution in [0.1, 0.15) is 19.8 Å². The van der Waals surface area contributed by atoms with Gasteiger partial charge in [-0.25, -0.2) is 13.2 Å². The Morgan fingerprint density at radius 2 is 1.97 bits per heavy atom. The van der Waals surface area contributed by atoms with Crippen LogP contribution in [0.15, 0.2) is 57.7 Å². The molecule has 0 spiro atoms. The first kappa shape index (κ1) is 23.3. The predicted molar refractivity (Wildman–Crippen MR) is 127 cm³/mol. The Bertz CT molecular complexity index is 1340. The summed E-state index contributed by atoms with van der Waals surface area (Å²) in [5, 5.41) is 0.917. The van der Waals surface area contributed by atoms with Gasteiger partial charge in [-0.1, -0.05) is 48.9 Å². The number of sulfone groups is 1. The van der Waals surface area contributed by atoms with E-state index < -0.39 is 15.5 Å². The Hall–Kier alpha value is -2.84. The van der Waals surface area contributed by atoms with Gasteiger partial charge in [-0.05, 0) is 30.0 Å². The minimum absolute atomic E-state index is 0.0249. The van der Waals surface area contributed by atoms with E-state index in [2.05, 4.69) is 0 Å². The summed E-state index contributed by atoms with van der Waals surface area (Å²) in [6.45, 7) is 2.07. The molecule has 0 saturated carbocycles. The number of fused-ring (bicyclic) bond motifs is 1. The van der Waals surface area contributed by atoms with E-state index in [-0.39, 0.29) is 40.8 Å². The lowest BCUT2D eigenvalue weighted by atomic mass is 10.0. The molecule has 4 rings (SSSR count). The Labute approximate surface area is 196 Å². The third-order valence-corrected chi connectivity index (χ3v) is 7.71. The molecule has 1 atom stereocenters. The second-order valence-electron chi connectivity index (χ2n) is 8.06. The second kappa shape index (κ2) is 9.57. The van der Waals surface area contributed by atoms with E-state index in [9.17, 15) is 18.0 Å². The van der Waals surface area contributed by atoms with Crippen LogP contribution in [0, 0.1) is 0 Å². The standard InChI is InChI=1S/C24H24ClNO6S/c1-2-9-26(17-8-10-33(29,30)15-17)23(27)14-31-22-13-21-19(11-20(22)25)18(12-24(28)32-21)16-6-4-3-5-7-16/h3-7,11-13,17H,2,8-10,14-15H2,1H3. The van der Waals surface area contributed by atoms with Crippen molar-refractivity contribution in [2.75, 3.05) is 24.7 Å². The minimum Gasteiger partial charge on any atom is -0.482 e. The molecule has 0 radical (unpaired) electrons. The first-order chi connectivity index (χ1) is 15.8. The van der Waals surface area contributed by atoms with Crippen LogP contribution in [0.5, 0.6) is 5.75 Å². The number of amides is 1. The third kappa shape index (κ3) is 5.23. The fourth-order valence-electron chi connectivity index (χ4n) is 4.13. The Balaban J connectivity index is 1.58. The SMILES string of the molecule is CCCN(C(=O)COc1cc2oc(=O)cc(-c3ccccc3)c2cc1Cl)C1CCS(=O)(=O)C1. The van der Waals surface area contributed by atoms with E-state index in [1.165, 1.54) is 12.1 Å². The van der Waals surface area contributed by atoms with Crippen molar-refractivity contribution in [2.24, 2.45) is 0 Å². The molecule has 1 amide bonds. The van der Waals surface area contributed by atoms with Crippen LogP contribution in [0.25, 0.3) is 22.1 Å². The summed E-state index contributed by atoms with van der Waals surface area (Å²) in [4.78, 5) is 26.6. The normalized spacial score (nSPS) is 17.2. The summed E-state index contributed by atoms with van der Waals surface area (Å²) in [7, 11) is -3.12. The highest BCUT2D eigenvalue weighted by atomic mass is 35.5. The first-order valence-corrected chi connectivity index (χ1v) is 12.9. The molecule has 2 aromatic carbocycles. The molecule has 174 valence electrons. The molecule has 1 fully saturated rings. The Morgan fingerprint density at radius 1 is 1.21 bits per heavy atom. The molecule has 0 aliphatic carbocycles. The first-order valence-electron chi connectivity index (χ1n) is 10.7. The van der Waals surface area contributed by atoms with Crippen molar-refractivity contribution in [1.29, 1.82) is 0 Å². The topological polar surface area (TPSA) is 93.9 Å². The summed E-state index contributed by atoms with van der Waals surface area (Å²) < 4.78 is 34.8. The average molecular weight is 490 g/mol. The molecule has 1 aliphatic heterocycles. The lowest BCUT2D eigenvalue weighted by Crippen LogP contribution is -2.44. The van der Waals surface area contributed by atoms with Gasteiger partial charge < -0.3 is 14.1 Å². The van der Waals surface area contributed by atoms with Crippen molar-refractivity contribution in [1.82, 2.24) is 4.90 Å². The molecule has 1 aromatic heterocycles. The molecule has 1 aliphatic rings.